The van der Waals surface area contributed by atoms with Crippen LogP contribution in [0.3, 0.4) is 0 Å². The van der Waals surface area contributed by atoms with E-state index in [1.807, 2.05) is 30.3 Å². The van der Waals surface area contributed by atoms with Crippen molar-refractivity contribution < 1.29 is 34.8 Å². The van der Waals surface area contributed by atoms with Gasteiger partial charge in [-0.05, 0) is 71.8 Å². The molecule has 1 heterocycles. The number of fused-ring (bicyclic) bond motifs is 2. The van der Waals surface area contributed by atoms with Crippen molar-refractivity contribution in [3.63, 3.8) is 0 Å². The Morgan fingerprint density at radius 3 is 2.40 bits per heavy atom. The molecule has 9 nitrogen and oxygen atoms in total. The summed E-state index contributed by atoms with van der Waals surface area (Å²) in [5.41, 5.74) is 4.08. The first-order valence-corrected chi connectivity index (χ1v) is 15.5. The molecule has 0 unspecified atom stereocenters. The van der Waals surface area contributed by atoms with Crippen LogP contribution in [-0.2, 0) is 29.4 Å². The number of para-hydroxylation sites is 1. The highest BCUT2D eigenvalue weighted by Gasteiger charge is 2.56. The van der Waals surface area contributed by atoms with Gasteiger partial charge in [-0.1, -0.05) is 45.0 Å². The second-order valence-corrected chi connectivity index (χ2v) is 13.5. The fraction of sp³-hybridized carbons (Fsp3) is 0.618. The Bertz CT molecular complexity index is 1280. The molecule has 1 aliphatic heterocycles. The zero-order valence-corrected chi connectivity index (χ0v) is 26.0. The molecule has 4 fully saturated rings. The van der Waals surface area contributed by atoms with Gasteiger partial charge in [-0.2, -0.15) is 5.06 Å². The Balaban J connectivity index is 1.39. The topological polar surface area (TPSA) is 132 Å². The average molecular weight is 597 g/mol. The molecule has 1 saturated heterocycles. The largest absolute Gasteiger partial charge is 0.496 e. The van der Waals surface area contributed by atoms with Gasteiger partial charge in [-0.25, -0.2) is 0 Å². The van der Waals surface area contributed by atoms with E-state index in [0.29, 0.717) is 40.0 Å². The number of benzene rings is 2. The van der Waals surface area contributed by atoms with Crippen molar-refractivity contribution in [2.24, 2.45) is 29.1 Å². The van der Waals surface area contributed by atoms with Crippen LogP contribution in [0.2, 0.25) is 0 Å². The van der Waals surface area contributed by atoms with Gasteiger partial charge < -0.3 is 30.5 Å². The maximum Gasteiger partial charge on any atom is 0.221 e. The minimum atomic E-state index is -0.798. The fourth-order valence-electron chi connectivity index (χ4n) is 8.18. The van der Waals surface area contributed by atoms with Crippen molar-refractivity contribution in [3.8, 4) is 16.9 Å². The first-order chi connectivity index (χ1) is 20.5. The number of ether oxygens (including phenoxy) is 1. The summed E-state index contributed by atoms with van der Waals surface area (Å²) in [4.78, 5) is 19.7. The quantitative estimate of drug-likeness (QED) is 0.267. The molecule has 2 bridgehead atoms. The van der Waals surface area contributed by atoms with Crippen LogP contribution in [0.4, 0.5) is 0 Å². The molecule has 3 aliphatic carbocycles. The monoisotopic (exact) mass is 596 g/mol. The number of methoxy groups -OCH3 is 1. The molecule has 236 valence electrons. The number of hydrogen-bond donors (Lipinski definition) is 5. The Kier molecular flexibility index (Phi) is 9.51. The van der Waals surface area contributed by atoms with Crippen LogP contribution in [0.5, 0.6) is 5.75 Å². The molecule has 4 aliphatic rings. The van der Waals surface area contributed by atoms with Crippen LogP contribution in [-0.4, -0.2) is 69.4 Å². The Labute approximate surface area is 254 Å². The standard InChI is InChI=1S/C34H48N2O7/c1-19-27-12-25(34(27,3)4)13-28(19)35-31(41)14-29-32(20(2)40)30(18-39)43-36(29)15-23-7-6-8-26(33(23)42-5)24-10-21(16-37)9-22(11-24)17-38/h6-11,19-20,25,27-30,32,37-40H,12-18H2,1-5H3,(H,35,41)/t19-,20-,25+,27-,28-,29+,30-,32+/m0/s1. The maximum absolute atomic E-state index is 13.5. The zero-order valence-electron chi connectivity index (χ0n) is 26.0. The molecule has 3 saturated carbocycles. The number of hydroxylamine groups is 2. The van der Waals surface area contributed by atoms with Crippen molar-refractivity contribution in [3.05, 3.63) is 53.1 Å². The van der Waals surface area contributed by atoms with Crippen LogP contribution >= 0.6 is 0 Å². The lowest BCUT2D eigenvalue weighted by Crippen LogP contribution is -2.61. The van der Waals surface area contributed by atoms with Crippen molar-refractivity contribution in [1.82, 2.24) is 10.4 Å². The van der Waals surface area contributed by atoms with Crippen molar-refractivity contribution in [2.45, 2.75) is 91.0 Å². The smallest absolute Gasteiger partial charge is 0.221 e. The molecule has 8 atom stereocenters. The van der Waals surface area contributed by atoms with E-state index in [2.05, 4.69) is 26.1 Å². The number of aliphatic hydroxyl groups excluding tert-OH is 4. The number of amides is 1. The Hall–Kier alpha value is -2.53. The normalized spacial score (nSPS) is 30.5. The Morgan fingerprint density at radius 1 is 1.14 bits per heavy atom. The summed E-state index contributed by atoms with van der Waals surface area (Å²) in [5, 5.41) is 45.5. The third-order valence-corrected chi connectivity index (χ3v) is 10.7. The van der Waals surface area contributed by atoms with E-state index in [-0.39, 0.29) is 44.7 Å². The maximum atomic E-state index is 13.5. The molecule has 9 heteroatoms. The molecule has 6 rings (SSSR count). The Morgan fingerprint density at radius 2 is 1.84 bits per heavy atom. The SMILES string of the molecule is COc1c(CN2O[C@@H](CO)[C@H]([C@H](C)O)[C@H]2CC(=O)N[C@H]2C[C@H]3C[C@@H]([C@@H]2C)C3(C)C)cccc1-c1cc(CO)cc(CO)c1. The minimum Gasteiger partial charge on any atom is -0.496 e. The van der Waals surface area contributed by atoms with E-state index in [9.17, 15) is 25.2 Å². The van der Waals surface area contributed by atoms with Crippen molar-refractivity contribution >= 4 is 5.91 Å². The highest BCUT2D eigenvalue weighted by atomic mass is 16.7. The molecular weight excluding hydrogens is 548 g/mol. The summed E-state index contributed by atoms with van der Waals surface area (Å²) in [6.07, 6.45) is 0.907. The first kappa shape index (κ1) is 31.9. The second kappa shape index (κ2) is 12.8. The van der Waals surface area contributed by atoms with Gasteiger partial charge in [0.05, 0.1) is 45.6 Å². The highest BCUT2D eigenvalue weighted by molar-refractivity contribution is 5.77. The van der Waals surface area contributed by atoms with E-state index >= 15 is 0 Å². The molecule has 2 aromatic carbocycles. The lowest BCUT2D eigenvalue weighted by Gasteiger charge is -2.62. The van der Waals surface area contributed by atoms with Crippen LogP contribution < -0.4 is 10.1 Å². The molecule has 1 amide bonds. The average Bonchev–Trinajstić information content (AvgIpc) is 3.33. The number of nitrogens with zero attached hydrogens (tertiary/aromatic N) is 1. The summed E-state index contributed by atoms with van der Waals surface area (Å²) in [6.45, 7) is 8.28. The molecular formula is C34H48N2O7. The highest BCUT2D eigenvalue weighted by Crippen LogP contribution is 2.61. The number of carbonyl (C=O) groups is 1. The summed E-state index contributed by atoms with van der Waals surface area (Å²) in [5.74, 6) is 1.71. The van der Waals surface area contributed by atoms with Crippen molar-refractivity contribution in [1.29, 1.82) is 0 Å². The lowest BCUT2D eigenvalue weighted by atomic mass is 9.45. The van der Waals surface area contributed by atoms with Gasteiger partial charge in [-0.15, -0.1) is 0 Å². The first-order valence-electron chi connectivity index (χ1n) is 15.5. The fourth-order valence-corrected chi connectivity index (χ4v) is 8.18. The zero-order chi connectivity index (χ0) is 31.1. The van der Waals surface area contributed by atoms with Gasteiger partial charge in [-0.3, -0.25) is 9.63 Å². The molecule has 0 aromatic heterocycles. The third kappa shape index (κ3) is 6.08. The van der Waals surface area contributed by atoms with Gasteiger partial charge in [0.15, 0.2) is 0 Å². The van der Waals surface area contributed by atoms with Crippen LogP contribution in [0.15, 0.2) is 36.4 Å². The van der Waals surface area contributed by atoms with Gasteiger partial charge in [0.1, 0.15) is 11.9 Å². The van der Waals surface area contributed by atoms with E-state index < -0.39 is 24.2 Å². The van der Waals surface area contributed by atoms with Crippen molar-refractivity contribution in [2.75, 3.05) is 13.7 Å². The second-order valence-electron chi connectivity index (χ2n) is 13.5. The number of hydrogen-bond acceptors (Lipinski definition) is 8. The number of carbonyl (C=O) groups excluding carboxylic acids is 1. The van der Waals surface area contributed by atoms with Gasteiger partial charge in [0.2, 0.25) is 5.91 Å². The number of rotatable bonds is 11. The van der Waals surface area contributed by atoms with Gasteiger partial charge in [0.25, 0.3) is 0 Å². The van der Waals surface area contributed by atoms with Crippen LogP contribution in [0.25, 0.3) is 11.1 Å². The predicted molar refractivity (Wildman–Crippen MR) is 162 cm³/mol. The molecule has 43 heavy (non-hydrogen) atoms. The van der Waals surface area contributed by atoms with Crippen LogP contribution in [0.1, 0.15) is 63.6 Å². The third-order valence-electron chi connectivity index (χ3n) is 10.7. The van der Waals surface area contributed by atoms with E-state index in [0.717, 1.165) is 23.1 Å². The van der Waals surface area contributed by atoms with E-state index in [1.165, 1.54) is 6.42 Å². The van der Waals surface area contributed by atoms with E-state index in [1.54, 1.807) is 25.2 Å². The number of aliphatic hydroxyl groups is 4. The minimum absolute atomic E-state index is 0.0723. The summed E-state index contributed by atoms with van der Waals surface area (Å²) in [6, 6.07) is 10.9. The predicted octanol–water partition coefficient (Wildman–Crippen LogP) is 3.40. The lowest BCUT2D eigenvalue weighted by molar-refractivity contribution is -0.180. The van der Waals surface area contributed by atoms with Gasteiger partial charge >= 0.3 is 0 Å². The van der Waals surface area contributed by atoms with Gasteiger partial charge in [0, 0.05) is 29.5 Å². The summed E-state index contributed by atoms with van der Waals surface area (Å²) in [7, 11) is 1.59. The number of nitrogens with one attached hydrogen (secondary N) is 1. The summed E-state index contributed by atoms with van der Waals surface area (Å²) < 4.78 is 5.89. The molecule has 2 aromatic rings. The summed E-state index contributed by atoms with van der Waals surface area (Å²) >= 11 is 0. The molecule has 0 radical (unpaired) electrons. The molecule has 0 spiro atoms. The molecule has 5 N–H and O–H groups in total. The van der Waals surface area contributed by atoms with E-state index in [4.69, 9.17) is 9.57 Å². The van der Waals surface area contributed by atoms with Crippen LogP contribution in [0, 0.1) is 29.1 Å².